The first-order valence-electron chi connectivity index (χ1n) is 12.1. The van der Waals surface area contributed by atoms with Crippen LogP contribution in [-0.4, -0.2) is 50.5 Å². The van der Waals surface area contributed by atoms with E-state index in [-0.39, 0.29) is 12.5 Å². The first-order valence-corrected chi connectivity index (χ1v) is 14.0. The Morgan fingerprint density at radius 2 is 1.63 bits per heavy atom. The molecule has 0 heterocycles. The number of nitrogens with zero attached hydrogens (tertiary/aromatic N) is 2. The number of amides is 2. The number of carbonyl (C=O) groups is 2. The van der Waals surface area contributed by atoms with E-state index in [2.05, 4.69) is 19.2 Å². The molecule has 2 amide bonds. The van der Waals surface area contributed by atoms with Crippen molar-refractivity contribution in [2.75, 3.05) is 23.7 Å². The molecule has 0 aromatic heterocycles. The number of sulfonamides is 1. The Morgan fingerprint density at radius 3 is 2.17 bits per heavy atom. The smallest absolute Gasteiger partial charge is 0.244 e. The highest BCUT2D eigenvalue weighted by Crippen LogP contribution is 2.23. The number of benzene rings is 2. The molecule has 8 heteroatoms. The van der Waals surface area contributed by atoms with Crippen LogP contribution in [0.5, 0.6) is 0 Å². The fourth-order valence-corrected chi connectivity index (χ4v) is 4.58. The summed E-state index contributed by atoms with van der Waals surface area (Å²) in [6, 6.07) is 14.1. The lowest BCUT2D eigenvalue weighted by Crippen LogP contribution is -2.51. The summed E-state index contributed by atoms with van der Waals surface area (Å²) < 4.78 is 26.5. The lowest BCUT2D eigenvalue weighted by Gasteiger charge is -2.32. The van der Waals surface area contributed by atoms with Gasteiger partial charge in [-0.15, -0.1) is 0 Å². The van der Waals surface area contributed by atoms with Gasteiger partial charge in [0.1, 0.15) is 12.6 Å². The first-order chi connectivity index (χ1) is 16.5. The zero-order chi connectivity index (χ0) is 26.2. The molecule has 0 aliphatic heterocycles. The van der Waals surface area contributed by atoms with Gasteiger partial charge < -0.3 is 10.2 Å². The molecule has 2 rings (SSSR count). The average Bonchev–Trinajstić information content (AvgIpc) is 2.81. The zero-order valence-electron chi connectivity index (χ0n) is 21.7. The summed E-state index contributed by atoms with van der Waals surface area (Å²) in [5.74, 6) is -0.397. The highest BCUT2D eigenvalue weighted by atomic mass is 32.2. The van der Waals surface area contributed by atoms with E-state index in [1.165, 1.54) is 4.90 Å². The SMILES string of the molecule is CCCCNC(=O)[C@H](C)N(Cc1ccccc1C)C(=O)CN(c1ccc(C(C)C)cc1)S(C)(=O)=O. The number of rotatable bonds is 12. The Balaban J connectivity index is 2.36. The third-order valence-corrected chi connectivity index (χ3v) is 7.27. The number of aryl methyl sites for hydroxylation is 1. The molecule has 0 bridgehead atoms. The molecule has 0 aliphatic carbocycles. The summed E-state index contributed by atoms with van der Waals surface area (Å²) in [6.07, 6.45) is 2.88. The summed E-state index contributed by atoms with van der Waals surface area (Å²) in [5.41, 5.74) is 3.39. The van der Waals surface area contributed by atoms with Crippen molar-refractivity contribution in [3.8, 4) is 0 Å². The van der Waals surface area contributed by atoms with E-state index < -0.39 is 28.5 Å². The number of unbranched alkanes of at least 4 members (excludes halogenated alkanes) is 1. The normalized spacial score (nSPS) is 12.3. The Bertz CT molecular complexity index is 1100. The summed E-state index contributed by atoms with van der Waals surface area (Å²) in [4.78, 5) is 27.9. The van der Waals surface area contributed by atoms with Crippen LogP contribution in [0.4, 0.5) is 5.69 Å². The van der Waals surface area contributed by atoms with E-state index in [4.69, 9.17) is 0 Å². The molecule has 0 radical (unpaired) electrons. The largest absolute Gasteiger partial charge is 0.354 e. The van der Waals surface area contributed by atoms with Crippen molar-refractivity contribution in [2.45, 2.75) is 66.0 Å². The van der Waals surface area contributed by atoms with Crippen molar-refractivity contribution in [1.29, 1.82) is 0 Å². The van der Waals surface area contributed by atoms with E-state index in [0.717, 1.165) is 40.1 Å². The lowest BCUT2D eigenvalue weighted by molar-refractivity contribution is -0.139. The predicted molar refractivity (Wildman–Crippen MR) is 142 cm³/mol. The minimum Gasteiger partial charge on any atom is -0.354 e. The quantitative estimate of drug-likeness (QED) is 0.441. The summed E-state index contributed by atoms with van der Waals surface area (Å²) >= 11 is 0. The molecule has 192 valence electrons. The Kier molecular flexibility index (Phi) is 10.3. The van der Waals surface area contributed by atoms with Crippen molar-refractivity contribution in [3.63, 3.8) is 0 Å². The van der Waals surface area contributed by atoms with Gasteiger partial charge in [0, 0.05) is 13.1 Å². The third-order valence-electron chi connectivity index (χ3n) is 6.13. The predicted octanol–water partition coefficient (Wildman–Crippen LogP) is 4.22. The minimum absolute atomic E-state index is 0.206. The van der Waals surface area contributed by atoms with Crippen LogP contribution in [0.1, 0.15) is 63.1 Å². The van der Waals surface area contributed by atoms with Gasteiger partial charge in [-0.25, -0.2) is 8.42 Å². The number of carbonyl (C=O) groups excluding carboxylic acids is 2. The molecular weight excluding hydrogens is 462 g/mol. The molecular formula is C27H39N3O4S. The van der Waals surface area contributed by atoms with E-state index in [1.807, 2.05) is 50.2 Å². The van der Waals surface area contributed by atoms with Crippen molar-refractivity contribution in [2.24, 2.45) is 0 Å². The molecule has 35 heavy (non-hydrogen) atoms. The Hall–Kier alpha value is -2.87. The van der Waals surface area contributed by atoms with Crippen LogP contribution >= 0.6 is 0 Å². The van der Waals surface area contributed by atoms with Gasteiger partial charge in [-0.1, -0.05) is 63.6 Å². The molecule has 0 saturated carbocycles. The summed E-state index contributed by atoms with van der Waals surface area (Å²) in [6.45, 7) is 10.1. The van der Waals surface area contributed by atoms with E-state index in [1.54, 1.807) is 19.1 Å². The average molecular weight is 502 g/mol. The van der Waals surface area contributed by atoms with Crippen molar-refractivity contribution in [3.05, 3.63) is 65.2 Å². The molecule has 0 saturated heterocycles. The van der Waals surface area contributed by atoms with Gasteiger partial charge >= 0.3 is 0 Å². The second kappa shape index (κ2) is 12.7. The van der Waals surface area contributed by atoms with Gasteiger partial charge in [0.15, 0.2) is 0 Å². The molecule has 1 N–H and O–H groups in total. The van der Waals surface area contributed by atoms with Crippen LogP contribution in [0.2, 0.25) is 0 Å². The van der Waals surface area contributed by atoms with E-state index in [0.29, 0.717) is 18.2 Å². The fraction of sp³-hybridized carbons (Fsp3) is 0.481. The van der Waals surface area contributed by atoms with Crippen LogP contribution in [-0.2, 0) is 26.2 Å². The summed E-state index contributed by atoms with van der Waals surface area (Å²) in [5, 5.41) is 2.89. The second-order valence-corrected chi connectivity index (χ2v) is 11.2. The van der Waals surface area contributed by atoms with Gasteiger partial charge in [-0.05, 0) is 55.0 Å². The van der Waals surface area contributed by atoms with Gasteiger partial charge in [-0.3, -0.25) is 13.9 Å². The van der Waals surface area contributed by atoms with Crippen LogP contribution < -0.4 is 9.62 Å². The molecule has 0 fully saturated rings. The number of anilines is 1. The van der Waals surface area contributed by atoms with Crippen molar-refractivity contribution < 1.29 is 18.0 Å². The van der Waals surface area contributed by atoms with Crippen molar-refractivity contribution in [1.82, 2.24) is 10.2 Å². The van der Waals surface area contributed by atoms with Crippen LogP contribution in [0.15, 0.2) is 48.5 Å². The van der Waals surface area contributed by atoms with Crippen LogP contribution in [0.3, 0.4) is 0 Å². The highest BCUT2D eigenvalue weighted by Gasteiger charge is 2.30. The number of hydrogen-bond acceptors (Lipinski definition) is 4. The molecule has 1 atom stereocenters. The molecule has 7 nitrogen and oxygen atoms in total. The van der Waals surface area contributed by atoms with Crippen LogP contribution in [0, 0.1) is 6.92 Å². The maximum atomic E-state index is 13.6. The second-order valence-electron chi connectivity index (χ2n) is 9.28. The summed E-state index contributed by atoms with van der Waals surface area (Å²) in [7, 11) is -3.74. The standard InChI is InChI=1S/C27H39N3O4S/c1-7-8-17-28-27(32)22(5)29(18-24-12-10-9-11-21(24)4)26(31)19-30(35(6,33)34)25-15-13-23(14-16-25)20(2)3/h9-16,20,22H,7-8,17-19H2,1-6H3,(H,28,32)/t22-/m0/s1. The minimum atomic E-state index is -3.74. The van der Waals surface area contributed by atoms with Crippen LogP contribution in [0.25, 0.3) is 0 Å². The van der Waals surface area contributed by atoms with Gasteiger partial charge in [0.25, 0.3) is 0 Å². The molecule has 2 aromatic carbocycles. The Labute approximate surface area is 210 Å². The first kappa shape index (κ1) is 28.4. The maximum absolute atomic E-state index is 13.6. The van der Waals surface area contributed by atoms with Crippen molar-refractivity contribution >= 4 is 27.5 Å². The van der Waals surface area contributed by atoms with E-state index in [9.17, 15) is 18.0 Å². The topological polar surface area (TPSA) is 86.8 Å². The lowest BCUT2D eigenvalue weighted by atomic mass is 10.0. The molecule has 2 aromatic rings. The van der Waals surface area contributed by atoms with Gasteiger partial charge in [0.2, 0.25) is 21.8 Å². The fourth-order valence-electron chi connectivity index (χ4n) is 3.73. The Morgan fingerprint density at radius 1 is 1.00 bits per heavy atom. The van der Waals surface area contributed by atoms with Gasteiger partial charge in [0.05, 0.1) is 11.9 Å². The van der Waals surface area contributed by atoms with E-state index >= 15 is 0 Å². The number of hydrogen-bond donors (Lipinski definition) is 1. The molecule has 0 spiro atoms. The highest BCUT2D eigenvalue weighted by molar-refractivity contribution is 7.92. The maximum Gasteiger partial charge on any atom is 0.244 e. The zero-order valence-corrected chi connectivity index (χ0v) is 22.6. The third kappa shape index (κ3) is 8.09. The number of nitrogens with one attached hydrogen (secondary N) is 1. The molecule has 0 unspecified atom stereocenters. The monoisotopic (exact) mass is 501 g/mol. The van der Waals surface area contributed by atoms with Gasteiger partial charge in [-0.2, -0.15) is 0 Å². The molecule has 0 aliphatic rings.